The van der Waals surface area contributed by atoms with Crippen LogP contribution in [0, 0.1) is 0 Å². The lowest BCUT2D eigenvalue weighted by atomic mass is 10.1. The van der Waals surface area contributed by atoms with Crippen molar-refractivity contribution < 1.29 is 18.0 Å². The van der Waals surface area contributed by atoms with E-state index in [2.05, 4.69) is 5.32 Å². The van der Waals surface area contributed by atoms with Gasteiger partial charge in [0, 0.05) is 17.8 Å². The van der Waals surface area contributed by atoms with Crippen LogP contribution in [0.25, 0.3) is 0 Å². The summed E-state index contributed by atoms with van der Waals surface area (Å²) in [5, 5.41) is 2.57. The molecule has 1 heterocycles. The lowest BCUT2D eigenvalue weighted by Crippen LogP contribution is -2.43. The van der Waals surface area contributed by atoms with Gasteiger partial charge in [-0.3, -0.25) is 9.59 Å². The Morgan fingerprint density at radius 3 is 2.32 bits per heavy atom. The molecular formula is C12H15F3N2O2. The fourth-order valence-corrected chi connectivity index (χ4v) is 1.44. The largest absolute Gasteiger partial charge is 0.417 e. The number of halogens is 3. The maximum atomic E-state index is 12.5. The van der Waals surface area contributed by atoms with Crippen LogP contribution in [0.3, 0.4) is 0 Å². The maximum Gasteiger partial charge on any atom is 0.417 e. The molecule has 1 aromatic heterocycles. The van der Waals surface area contributed by atoms with Crippen molar-refractivity contribution in [1.29, 1.82) is 0 Å². The maximum absolute atomic E-state index is 12.5. The first-order chi connectivity index (χ1) is 8.49. The molecule has 19 heavy (non-hydrogen) atoms. The first-order valence-electron chi connectivity index (χ1n) is 5.58. The molecule has 1 N–H and O–H groups in total. The Hall–Kier alpha value is -1.79. The summed E-state index contributed by atoms with van der Waals surface area (Å²) in [5.74, 6) is -0.520. The number of nitrogens with one attached hydrogen (secondary N) is 1. The molecule has 0 atom stereocenters. The average molecular weight is 276 g/mol. The first-order valence-corrected chi connectivity index (χ1v) is 5.58. The summed E-state index contributed by atoms with van der Waals surface area (Å²) in [6.07, 6.45) is -3.90. The Morgan fingerprint density at radius 2 is 1.84 bits per heavy atom. The van der Waals surface area contributed by atoms with Gasteiger partial charge in [0.25, 0.3) is 5.56 Å². The van der Waals surface area contributed by atoms with E-state index in [0.29, 0.717) is 12.3 Å². The van der Waals surface area contributed by atoms with Gasteiger partial charge in [0.1, 0.15) is 6.54 Å². The van der Waals surface area contributed by atoms with Crippen LogP contribution >= 0.6 is 0 Å². The molecule has 0 radical (unpaired) electrons. The molecule has 1 rings (SSSR count). The SMILES string of the molecule is CC(C)(C)NC(=O)Cn1cc(C(F)(F)F)ccc1=O. The molecule has 0 aliphatic heterocycles. The highest BCUT2D eigenvalue weighted by atomic mass is 19.4. The molecule has 1 aromatic rings. The van der Waals surface area contributed by atoms with Crippen LogP contribution in [-0.4, -0.2) is 16.0 Å². The van der Waals surface area contributed by atoms with Crippen LogP contribution < -0.4 is 10.9 Å². The minimum atomic E-state index is -4.55. The van der Waals surface area contributed by atoms with Gasteiger partial charge in [-0.15, -0.1) is 0 Å². The van der Waals surface area contributed by atoms with Crippen molar-refractivity contribution in [2.75, 3.05) is 0 Å². The summed E-state index contributed by atoms with van der Waals surface area (Å²) in [6, 6.07) is 1.49. The Bertz CT molecular complexity index is 527. The summed E-state index contributed by atoms with van der Waals surface area (Å²) in [6.45, 7) is 4.76. The van der Waals surface area contributed by atoms with Crippen LogP contribution in [0.15, 0.2) is 23.1 Å². The van der Waals surface area contributed by atoms with Crippen molar-refractivity contribution in [1.82, 2.24) is 9.88 Å². The molecule has 0 fully saturated rings. The van der Waals surface area contributed by atoms with Crippen molar-refractivity contribution in [3.63, 3.8) is 0 Å². The average Bonchev–Trinajstić information content (AvgIpc) is 2.16. The minimum absolute atomic E-state index is 0.444. The van der Waals surface area contributed by atoms with E-state index < -0.39 is 35.3 Å². The number of rotatable bonds is 2. The number of carbonyl (C=O) groups excluding carboxylic acids is 1. The zero-order valence-electron chi connectivity index (χ0n) is 10.8. The van der Waals surface area contributed by atoms with Gasteiger partial charge in [0.2, 0.25) is 5.91 Å². The van der Waals surface area contributed by atoms with Crippen LogP contribution in [0.4, 0.5) is 13.2 Å². The Kier molecular flexibility index (Phi) is 4.07. The number of carbonyl (C=O) groups is 1. The number of amides is 1. The van der Waals surface area contributed by atoms with Gasteiger partial charge in [-0.1, -0.05) is 0 Å². The molecule has 0 saturated heterocycles. The molecule has 0 spiro atoms. The van der Waals surface area contributed by atoms with Gasteiger partial charge in [-0.2, -0.15) is 13.2 Å². The summed E-state index contributed by atoms with van der Waals surface area (Å²) in [4.78, 5) is 23.0. The van der Waals surface area contributed by atoms with Gasteiger partial charge in [-0.05, 0) is 26.8 Å². The van der Waals surface area contributed by atoms with Crippen molar-refractivity contribution in [2.45, 2.75) is 39.0 Å². The van der Waals surface area contributed by atoms with Crippen molar-refractivity contribution in [2.24, 2.45) is 0 Å². The highest BCUT2D eigenvalue weighted by Crippen LogP contribution is 2.27. The third kappa shape index (κ3) is 4.76. The molecule has 0 saturated carbocycles. The second-order valence-corrected chi connectivity index (χ2v) is 5.18. The van der Waals surface area contributed by atoms with Crippen molar-refractivity contribution >= 4 is 5.91 Å². The number of pyridine rings is 1. The van der Waals surface area contributed by atoms with E-state index in [0.717, 1.165) is 10.6 Å². The zero-order chi connectivity index (χ0) is 14.8. The lowest BCUT2D eigenvalue weighted by Gasteiger charge is -2.21. The van der Waals surface area contributed by atoms with E-state index in [1.54, 1.807) is 20.8 Å². The minimum Gasteiger partial charge on any atom is -0.350 e. The summed E-state index contributed by atoms with van der Waals surface area (Å²) in [7, 11) is 0. The number of nitrogens with zero attached hydrogens (tertiary/aromatic N) is 1. The Labute approximate surface area is 108 Å². The smallest absolute Gasteiger partial charge is 0.350 e. The fraction of sp³-hybridized carbons (Fsp3) is 0.500. The standard InChI is InChI=1S/C12H15F3N2O2/c1-11(2,3)16-9(18)7-17-6-8(12(13,14)15)4-5-10(17)19/h4-6H,7H2,1-3H3,(H,16,18). The van der Waals surface area contributed by atoms with Crippen LogP contribution in [0.2, 0.25) is 0 Å². The molecule has 1 amide bonds. The number of hydrogen-bond donors (Lipinski definition) is 1. The molecule has 0 bridgehead atoms. The van der Waals surface area contributed by atoms with E-state index >= 15 is 0 Å². The van der Waals surface area contributed by atoms with E-state index in [1.807, 2.05) is 0 Å². The zero-order valence-corrected chi connectivity index (χ0v) is 10.8. The molecule has 7 heteroatoms. The van der Waals surface area contributed by atoms with Crippen molar-refractivity contribution in [3.8, 4) is 0 Å². The first kappa shape index (κ1) is 15.3. The van der Waals surface area contributed by atoms with Gasteiger partial charge in [-0.25, -0.2) is 0 Å². The third-order valence-electron chi connectivity index (χ3n) is 2.14. The number of hydrogen-bond acceptors (Lipinski definition) is 2. The molecule has 0 aromatic carbocycles. The predicted octanol–water partition coefficient (Wildman–Crippen LogP) is 1.78. The number of aromatic nitrogens is 1. The van der Waals surface area contributed by atoms with Gasteiger partial charge in [0.15, 0.2) is 0 Å². The topological polar surface area (TPSA) is 51.1 Å². The molecular weight excluding hydrogens is 261 g/mol. The van der Waals surface area contributed by atoms with E-state index in [4.69, 9.17) is 0 Å². The summed E-state index contributed by atoms with van der Waals surface area (Å²) < 4.78 is 38.2. The fourth-order valence-electron chi connectivity index (χ4n) is 1.44. The highest BCUT2D eigenvalue weighted by Gasteiger charge is 2.31. The molecule has 106 valence electrons. The summed E-state index contributed by atoms with van der Waals surface area (Å²) in [5.41, 5.74) is -2.13. The van der Waals surface area contributed by atoms with E-state index in [1.165, 1.54) is 0 Å². The molecule has 0 aliphatic carbocycles. The molecule has 0 aliphatic rings. The molecule has 4 nitrogen and oxygen atoms in total. The second kappa shape index (κ2) is 5.07. The van der Waals surface area contributed by atoms with Gasteiger partial charge < -0.3 is 9.88 Å². The Balaban J connectivity index is 2.96. The Morgan fingerprint density at radius 1 is 1.26 bits per heavy atom. The third-order valence-corrected chi connectivity index (χ3v) is 2.14. The number of alkyl halides is 3. The predicted molar refractivity (Wildman–Crippen MR) is 63.6 cm³/mol. The van der Waals surface area contributed by atoms with Crippen molar-refractivity contribution in [3.05, 3.63) is 34.2 Å². The normalized spacial score (nSPS) is 12.3. The van der Waals surface area contributed by atoms with E-state index in [9.17, 15) is 22.8 Å². The second-order valence-electron chi connectivity index (χ2n) is 5.18. The van der Waals surface area contributed by atoms with Crippen LogP contribution in [0.5, 0.6) is 0 Å². The highest BCUT2D eigenvalue weighted by molar-refractivity contribution is 5.76. The van der Waals surface area contributed by atoms with Crippen LogP contribution in [0.1, 0.15) is 26.3 Å². The summed E-state index contributed by atoms with van der Waals surface area (Å²) >= 11 is 0. The lowest BCUT2D eigenvalue weighted by molar-refractivity contribution is -0.138. The van der Waals surface area contributed by atoms with Gasteiger partial charge >= 0.3 is 6.18 Å². The van der Waals surface area contributed by atoms with Gasteiger partial charge in [0.05, 0.1) is 5.56 Å². The quantitative estimate of drug-likeness (QED) is 0.895. The van der Waals surface area contributed by atoms with E-state index in [-0.39, 0.29) is 0 Å². The monoisotopic (exact) mass is 276 g/mol. The molecule has 0 unspecified atom stereocenters. The van der Waals surface area contributed by atoms with Crippen LogP contribution in [-0.2, 0) is 17.5 Å².